The Morgan fingerprint density at radius 3 is 2.36 bits per heavy atom. The van der Waals surface area contributed by atoms with Gasteiger partial charge in [0.1, 0.15) is 0 Å². The van der Waals surface area contributed by atoms with Gasteiger partial charge in [0.15, 0.2) is 0 Å². The van der Waals surface area contributed by atoms with E-state index in [-0.39, 0.29) is 11.8 Å². The molecule has 2 rings (SSSR count). The molecule has 25 heavy (non-hydrogen) atoms. The van der Waals surface area contributed by atoms with Crippen molar-refractivity contribution in [2.75, 3.05) is 11.9 Å². The minimum absolute atomic E-state index is 0.159. The van der Waals surface area contributed by atoms with Gasteiger partial charge in [0.25, 0.3) is 5.91 Å². The minimum atomic E-state index is -0.176. The summed E-state index contributed by atoms with van der Waals surface area (Å²) in [5, 5.41) is 5.63. The van der Waals surface area contributed by atoms with Crippen molar-refractivity contribution in [1.82, 2.24) is 5.32 Å². The van der Waals surface area contributed by atoms with Crippen LogP contribution in [0.5, 0.6) is 0 Å². The van der Waals surface area contributed by atoms with E-state index in [4.69, 9.17) is 4.74 Å². The van der Waals surface area contributed by atoms with Crippen LogP contribution < -0.4 is 10.6 Å². The van der Waals surface area contributed by atoms with E-state index in [0.29, 0.717) is 31.0 Å². The molecule has 0 saturated carbocycles. The van der Waals surface area contributed by atoms with Gasteiger partial charge in [-0.3, -0.25) is 9.59 Å². The van der Waals surface area contributed by atoms with Gasteiger partial charge < -0.3 is 15.4 Å². The van der Waals surface area contributed by atoms with Gasteiger partial charge in [-0.1, -0.05) is 30.3 Å². The van der Waals surface area contributed by atoms with Crippen molar-refractivity contribution in [3.05, 3.63) is 64.7 Å². The lowest BCUT2D eigenvalue weighted by Gasteiger charge is -2.10. The van der Waals surface area contributed by atoms with E-state index < -0.39 is 0 Å². The van der Waals surface area contributed by atoms with Crippen LogP contribution in [-0.4, -0.2) is 18.4 Å². The van der Waals surface area contributed by atoms with Crippen LogP contribution in [0.15, 0.2) is 42.5 Å². The molecule has 5 nitrogen and oxygen atoms in total. The third-order valence-corrected chi connectivity index (χ3v) is 3.76. The van der Waals surface area contributed by atoms with E-state index in [2.05, 4.69) is 10.6 Å². The number of rotatable bonds is 7. The molecular formula is C20H24N2O3. The summed E-state index contributed by atoms with van der Waals surface area (Å²) < 4.78 is 5.36. The summed E-state index contributed by atoms with van der Waals surface area (Å²) in [4.78, 5) is 23.6. The first-order valence-electron chi connectivity index (χ1n) is 8.31. The Morgan fingerprint density at radius 1 is 1.04 bits per heavy atom. The number of hydrogen-bond donors (Lipinski definition) is 2. The Kier molecular flexibility index (Phi) is 6.71. The first kappa shape index (κ1) is 18.7. The van der Waals surface area contributed by atoms with E-state index in [1.54, 1.807) is 12.1 Å². The first-order chi connectivity index (χ1) is 12.0. The van der Waals surface area contributed by atoms with E-state index in [9.17, 15) is 9.59 Å². The molecule has 2 amide bonds. The van der Waals surface area contributed by atoms with E-state index >= 15 is 0 Å². The molecule has 0 aromatic heterocycles. The zero-order valence-electron chi connectivity index (χ0n) is 14.9. The fourth-order valence-electron chi connectivity index (χ4n) is 2.35. The van der Waals surface area contributed by atoms with Crippen LogP contribution in [0.4, 0.5) is 5.69 Å². The number of carbonyl (C=O) groups excluding carboxylic acids is 2. The average Bonchev–Trinajstić information content (AvgIpc) is 2.60. The first-order valence-corrected chi connectivity index (χ1v) is 8.31. The molecule has 0 radical (unpaired) electrons. The Hall–Kier alpha value is -2.66. The highest BCUT2D eigenvalue weighted by Crippen LogP contribution is 2.17. The number of amides is 2. The molecule has 0 spiro atoms. The zero-order valence-corrected chi connectivity index (χ0v) is 14.9. The molecule has 0 saturated heterocycles. The smallest absolute Gasteiger partial charge is 0.251 e. The predicted octanol–water partition coefficient (Wildman–Crippen LogP) is 3.42. The topological polar surface area (TPSA) is 67.4 Å². The van der Waals surface area contributed by atoms with Gasteiger partial charge >= 0.3 is 0 Å². The number of ether oxygens (including phenoxy) is 1. The van der Waals surface area contributed by atoms with Gasteiger partial charge in [-0.25, -0.2) is 0 Å². The largest absolute Gasteiger partial charge is 0.377 e. The molecular weight excluding hydrogens is 316 g/mol. The predicted molar refractivity (Wildman–Crippen MR) is 98.4 cm³/mol. The number of aryl methyl sites for hydroxylation is 1. The number of hydrogen-bond acceptors (Lipinski definition) is 3. The molecule has 0 aliphatic carbocycles. The second kappa shape index (κ2) is 8.99. The standard InChI is InChI=1S/C20H24N2O3/c1-4-25-13-17-8-6-16(7-9-17)12-21-20(24)18-10-5-14(2)19(11-18)22-15(3)23/h5-11H,4,12-13H2,1-3H3,(H,21,24)(H,22,23). The van der Waals surface area contributed by atoms with E-state index in [1.165, 1.54) is 6.92 Å². The molecule has 132 valence electrons. The maximum absolute atomic E-state index is 12.3. The van der Waals surface area contributed by atoms with Gasteiger partial charge in [0.2, 0.25) is 5.91 Å². The Morgan fingerprint density at radius 2 is 1.72 bits per heavy atom. The fraction of sp³-hybridized carbons (Fsp3) is 0.300. The minimum Gasteiger partial charge on any atom is -0.377 e. The summed E-state index contributed by atoms with van der Waals surface area (Å²) in [5.74, 6) is -0.335. The van der Waals surface area contributed by atoms with Gasteiger partial charge in [-0.2, -0.15) is 0 Å². The number of benzene rings is 2. The van der Waals surface area contributed by atoms with Crippen LogP contribution in [-0.2, 0) is 22.7 Å². The highest BCUT2D eigenvalue weighted by atomic mass is 16.5. The second-order valence-corrected chi connectivity index (χ2v) is 5.85. The Bertz CT molecular complexity index is 739. The molecule has 0 aliphatic rings. The molecule has 0 fully saturated rings. The number of nitrogens with one attached hydrogen (secondary N) is 2. The van der Waals surface area contributed by atoms with Crippen molar-refractivity contribution in [3.8, 4) is 0 Å². The maximum Gasteiger partial charge on any atom is 0.251 e. The molecule has 5 heteroatoms. The van der Waals surface area contributed by atoms with Crippen LogP contribution in [0, 0.1) is 6.92 Å². The van der Waals surface area contributed by atoms with Gasteiger partial charge in [0, 0.05) is 31.3 Å². The summed E-state index contributed by atoms with van der Waals surface area (Å²) >= 11 is 0. The maximum atomic E-state index is 12.3. The van der Waals surface area contributed by atoms with Crippen LogP contribution in [0.3, 0.4) is 0 Å². The Labute approximate surface area is 148 Å². The molecule has 2 aromatic carbocycles. The highest BCUT2D eigenvalue weighted by Gasteiger charge is 2.09. The molecule has 2 aromatic rings. The van der Waals surface area contributed by atoms with Crippen molar-refractivity contribution in [2.45, 2.75) is 33.9 Å². The zero-order chi connectivity index (χ0) is 18.2. The summed E-state index contributed by atoms with van der Waals surface area (Å²) in [7, 11) is 0. The lowest BCUT2D eigenvalue weighted by Crippen LogP contribution is -2.23. The van der Waals surface area contributed by atoms with Gasteiger partial charge in [-0.05, 0) is 42.7 Å². The Balaban J connectivity index is 1.96. The summed E-state index contributed by atoms with van der Waals surface area (Å²) in [6.45, 7) is 7.02. The molecule has 2 N–H and O–H groups in total. The van der Waals surface area contributed by atoms with Crippen LogP contribution in [0.1, 0.15) is 40.9 Å². The third kappa shape index (κ3) is 5.72. The molecule has 0 heterocycles. The average molecular weight is 340 g/mol. The van der Waals surface area contributed by atoms with Crippen LogP contribution in [0.25, 0.3) is 0 Å². The van der Waals surface area contributed by atoms with Crippen molar-refractivity contribution in [2.24, 2.45) is 0 Å². The highest BCUT2D eigenvalue weighted by molar-refractivity contribution is 5.97. The van der Waals surface area contributed by atoms with Crippen molar-refractivity contribution < 1.29 is 14.3 Å². The normalized spacial score (nSPS) is 10.4. The van der Waals surface area contributed by atoms with E-state index in [0.717, 1.165) is 16.7 Å². The summed E-state index contributed by atoms with van der Waals surface area (Å²) in [6.07, 6.45) is 0. The monoisotopic (exact) mass is 340 g/mol. The number of anilines is 1. The second-order valence-electron chi connectivity index (χ2n) is 5.85. The van der Waals surface area contributed by atoms with Gasteiger partial charge in [0.05, 0.1) is 6.61 Å². The quantitative estimate of drug-likeness (QED) is 0.811. The molecule has 0 atom stereocenters. The van der Waals surface area contributed by atoms with Gasteiger partial charge in [-0.15, -0.1) is 0 Å². The summed E-state index contributed by atoms with van der Waals surface area (Å²) in [6, 6.07) is 13.2. The van der Waals surface area contributed by atoms with Crippen LogP contribution in [0.2, 0.25) is 0 Å². The molecule has 0 unspecified atom stereocenters. The molecule has 0 bridgehead atoms. The van der Waals surface area contributed by atoms with Crippen LogP contribution >= 0.6 is 0 Å². The molecule has 0 aliphatic heterocycles. The lowest BCUT2D eigenvalue weighted by molar-refractivity contribution is -0.114. The van der Waals surface area contributed by atoms with Crippen molar-refractivity contribution in [1.29, 1.82) is 0 Å². The lowest BCUT2D eigenvalue weighted by atomic mass is 10.1. The van der Waals surface area contributed by atoms with Crippen molar-refractivity contribution in [3.63, 3.8) is 0 Å². The van der Waals surface area contributed by atoms with Crippen molar-refractivity contribution >= 4 is 17.5 Å². The fourth-order valence-corrected chi connectivity index (χ4v) is 2.35. The summed E-state index contributed by atoms with van der Waals surface area (Å²) in [5.41, 5.74) is 4.21. The third-order valence-electron chi connectivity index (χ3n) is 3.76. The van der Waals surface area contributed by atoms with E-state index in [1.807, 2.05) is 44.2 Å². The SMILES string of the molecule is CCOCc1ccc(CNC(=O)c2ccc(C)c(NC(C)=O)c2)cc1. The number of carbonyl (C=O) groups is 2.